The second-order valence-corrected chi connectivity index (χ2v) is 2.84. The molecule has 1 aromatic rings. The van der Waals surface area contributed by atoms with Crippen LogP contribution in [0.25, 0.3) is 0 Å². The van der Waals surface area contributed by atoms with Gasteiger partial charge in [-0.3, -0.25) is 0 Å². The van der Waals surface area contributed by atoms with Crippen LogP contribution in [0.5, 0.6) is 0 Å². The standard InChI is InChI=1S/C6H8N2O2S.Na/c1-2-4-7-5(11-8-4)3-6(9)10;/h2-3H2,1H3,(H,9,10);/q;+1/p-1. The summed E-state index contributed by atoms with van der Waals surface area (Å²) in [7, 11) is 0. The predicted octanol–water partition coefficient (Wildman–Crippen LogP) is -3.60. The Hall–Kier alpha value is 0.0300. The van der Waals surface area contributed by atoms with Crippen molar-refractivity contribution in [1.29, 1.82) is 0 Å². The van der Waals surface area contributed by atoms with Crippen molar-refractivity contribution >= 4 is 17.5 Å². The van der Waals surface area contributed by atoms with Gasteiger partial charge in [0.25, 0.3) is 0 Å². The Morgan fingerprint density at radius 1 is 1.67 bits per heavy atom. The summed E-state index contributed by atoms with van der Waals surface area (Å²) in [5, 5.41) is 10.6. The molecule has 0 bridgehead atoms. The average Bonchev–Trinajstić information content (AvgIpc) is 2.34. The van der Waals surface area contributed by atoms with Crippen molar-refractivity contribution in [3.8, 4) is 0 Å². The molecule has 0 amide bonds. The zero-order valence-electron chi connectivity index (χ0n) is 7.03. The molecule has 1 heterocycles. The number of hydrogen-bond acceptors (Lipinski definition) is 5. The van der Waals surface area contributed by atoms with Crippen molar-refractivity contribution in [1.82, 2.24) is 9.36 Å². The van der Waals surface area contributed by atoms with E-state index in [1.807, 2.05) is 6.92 Å². The number of nitrogens with zero attached hydrogens (tertiary/aromatic N) is 2. The third-order valence-electron chi connectivity index (χ3n) is 1.12. The zero-order valence-corrected chi connectivity index (χ0v) is 9.85. The summed E-state index contributed by atoms with van der Waals surface area (Å²) in [6.07, 6.45) is 0.612. The first-order chi connectivity index (χ1) is 5.22. The van der Waals surface area contributed by atoms with Crippen LogP contribution >= 0.6 is 11.5 Å². The molecule has 0 spiro atoms. The van der Waals surface area contributed by atoms with Crippen LogP contribution in [0, 0.1) is 0 Å². The van der Waals surface area contributed by atoms with Crippen LogP contribution in [0.15, 0.2) is 0 Å². The molecular formula is C6H7N2NaO2S. The van der Waals surface area contributed by atoms with Crippen LogP contribution in [-0.2, 0) is 17.6 Å². The smallest absolute Gasteiger partial charge is 0.550 e. The van der Waals surface area contributed by atoms with Gasteiger partial charge in [-0.1, -0.05) is 6.92 Å². The number of rotatable bonds is 3. The number of carbonyl (C=O) groups excluding carboxylic acids is 1. The maximum atomic E-state index is 10.1. The number of carboxylic acids is 1. The van der Waals surface area contributed by atoms with Gasteiger partial charge in [-0.05, 0) is 11.5 Å². The molecule has 0 atom stereocenters. The fourth-order valence-corrected chi connectivity index (χ4v) is 1.34. The Kier molecular flexibility index (Phi) is 5.65. The first-order valence-corrected chi connectivity index (χ1v) is 4.01. The van der Waals surface area contributed by atoms with E-state index in [-0.39, 0.29) is 36.0 Å². The summed E-state index contributed by atoms with van der Waals surface area (Å²) in [4.78, 5) is 14.0. The van der Waals surface area contributed by atoms with Crippen molar-refractivity contribution in [2.24, 2.45) is 0 Å². The largest absolute Gasteiger partial charge is 1.00 e. The Morgan fingerprint density at radius 3 is 2.75 bits per heavy atom. The van der Waals surface area contributed by atoms with E-state index in [2.05, 4.69) is 9.36 Å². The third kappa shape index (κ3) is 3.62. The monoisotopic (exact) mass is 194 g/mol. The average molecular weight is 194 g/mol. The Balaban J connectivity index is 0.00000121. The van der Waals surface area contributed by atoms with Gasteiger partial charge in [0.15, 0.2) is 0 Å². The molecule has 0 N–H and O–H groups in total. The molecule has 6 heteroatoms. The van der Waals surface area contributed by atoms with Crippen molar-refractivity contribution in [3.63, 3.8) is 0 Å². The van der Waals surface area contributed by atoms with Gasteiger partial charge in [0, 0.05) is 18.8 Å². The third-order valence-corrected chi connectivity index (χ3v) is 1.87. The zero-order chi connectivity index (χ0) is 8.27. The second-order valence-electron chi connectivity index (χ2n) is 2.01. The first-order valence-electron chi connectivity index (χ1n) is 3.23. The molecular weight excluding hydrogens is 187 g/mol. The van der Waals surface area contributed by atoms with Gasteiger partial charge in [-0.15, -0.1) is 0 Å². The van der Waals surface area contributed by atoms with E-state index >= 15 is 0 Å². The van der Waals surface area contributed by atoms with Gasteiger partial charge >= 0.3 is 29.6 Å². The van der Waals surface area contributed by atoms with Crippen LogP contribution in [-0.4, -0.2) is 15.3 Å². The van der Waals surface area contributed by atoms with Crippen LogP contribution in [0.3, 0.4) is 0 Å². The normalized spacial score (nSPS) is 9.08. The predicted molar refractivity (Wildman–Crippen MR) is 38.0 cm³/mol. The van der Waals surface area contributed by atoms with E-state index in [0.717, 1.165) is 18.0 Å². The fraction of sp³-hybridized carbons (Fsp3) is 0.500. The van der Waals surface area contributed by atoms with Crippen LogP contribution in [0.1, 0.15) is 17.8 Å². The number of carbonyl (C=O) groups is 1. The molecule has 0 saturated heterocycles. The summed E-state index contributed by atoms with van der Waals surface area (Å²) in [5.74, 6) is -0.407. The van der Waals surface area contributed by atoms with Gasteiger partial charge in [-0.25, -0.2) is 4.98 Å². The molecule has 0 aliphatic heterocycles. The van der Waals surface area contributed by atoms with Crippen LogP contribution in [0.2, 0.25) is 0 Å². The quantitative estimate of drug-likeness (QED) is 0.466. The molecule has 0 saturated carbocycles. The van der Waals surface area contributed by atoms with Crippen LogP contribution < -0.4 is 34.7 Å². The molecule has 0 aliphatic rings. The maximum Gasteiger partial charge on any atom is 1.00 e. The summed E-state index contributed by atoms with van der Waals surface area (Å²) in [6.45, 7) is 1.92. The number of aryl methyl sites for hydroxylation is 1. The number of aliphatic carboxylic acids is 1. The van der Waals surface area contributed by atoms with Crippen LogP contribution in [0.4, 0.5) is 0 Å². The fourth-order valence-electron chi connectivity index (χ4n) is 0.629. The molecule has 1 aromatic heterocycles. The first kappa shape index (κ1) is 12.0. The van der Waals surface area contributed by atoms with Gasteiger partial charge < -0.3 is 9.90 Å². The topological polar surface area (TPSA) is 65.9 Å². The molecule has 60 valence electrons. The minimum atomic E-state index is -1.11. The molecule has 0 aliphatic carbocycles. The summed E-state index contributed by atoms with van der Waals surface area (Å²) in [5.41, 5.74) is 0. The second kappa shape index (κ2) is 5.64. The van der Waals surface area contributed by atoms with E-state index < -0.39 is 5.97 Å². The summed E-state index contributed by atoms with van der Waals surface area (Å²) >= 11 is 1.12. The SMILES string of the molecule is CCc1nsc(CC(=O)[O-])n1.[Na+]. The number of carboxylic acid groups (broad SMARTS) is 1. The number of hydrogen-bond donors (Lipinski definition) is 0. The van der Waals surface area contributed by atoms with Crippen molar-refractivity contribution in [2.45, 2.75) is 19.8 Å². The molecule has 0 fully saturated rings. The molecule has 0 unspecified atom stereocenters. The molecule has 0 radical (unpaired) electrons. The molecule has 12 heavy (non-hydrogen) atoms. The molecule has 0 aromatic carbocycles. The van der Waals surface area contributed by atoms with Crippen molar-refractivity contribution < 1.29 is 39.5 Å². The van der Waals surface area contributed by atoms with Crippen molar-refractivity contribution in [3.05, 3.63) is 10.8 Å². The minimum Gasteiger partial charge on any atom is -0.550 e. The van der Waals surface area contributed by atoms with Gasteiger partial charge in [0.1, 0.15) is 10.8 Å². The van der Waals surface area contributed by atoms with E-state index in [4.69, 9.17) is 0 Å². The van der Waals surface area contributed by atoms with E-state index in [9.17, 15) is 9.90 Å². The Labute approximate surface area is 96.5 Å². The van der Waals surface area contributed by atoms with E-state index in [1.165, 1.54) is 0 Å². The summed E-state index contributed by atoms with van der Waals surface area (Å²) in [6, 6.07) is 0. The van der Waals surface area contributed by atoms with E-state index in [0.29, 0.717) is 10.8 Å². The van der Waals surface area contributed by atoms with Gasteiger partial charge in [0.2, 0.25) is 0 Å². The maximum absolute atomic E-state index is 10.1. The van der Waals surface area contributed by atoms with E-state index in [1.54, 1.807) is 0 Å². The summed E-state index contributed by atoms with van der Waals surface area (Å²) < 4.78 is 3.93. The minimum absolute atomic E-state index is 0. The number of aromatic nitrogens is 2. The molecule has 1 rings (SSSR count). The Morgan fingerprint density at radius 2 is 2.33 bits per heavy atom. The van der Waals surface area contributed by atoms with Gasteiger partial charge in [0.05, 0.1) is 0 Å². The van der Waals surface area contributed by atoms with Crippen molar-refractivity contribution in [2.75, 3.05) is 0 Å². The molecule has 4 nitrogen and oxygen atoms in total. The Bertz CT molecular complexity index is 264. The van der Waals surface area contributed by atoms with Gasteiger partial charge in [-0.2, -0.15) is 4.37 Å².